The molecule has 1 aliphatic rings. The second-order valence-electron chi connectivity index (χ2n) is 6.77. The van der Waals surface area contributed by atoms with Gasteiger partial charge in [-0.25, -0.2) is 4.68 Å². The van der Waals surface area contributed by atoms with E-state index < -0.39 is 0 Å². The van der Waals surface area contributed by atoms with Crippen LogP contribution in [-0.4, -0.2) is 29.9 Å². The number of thioether (sulfide) groups is 1. The summed E-state index contributed by atoms with van der Waals surface area (Å²) in [6.07, 6.45) is 1.07. The molecule has 0 atom stereocenters. The third-order valence-electron chi connectivity index (χ3n) is 4.93. The molecule has 0 saturated carbocycles. The van der Waals surface area contributed by atoms with Gasteiger partial charge in [-0.05, 0) is 48.4 Å². The molecule has 150 valence electrons. The number of carbonyl (C=O) groups is 1. The fourth-order valence-electron chi connectivity index (χ4n) is 3.30. The van der Waals surface area contributed by atoms with Crippen molar-refractivity contribution in [3.05, 3.63) is 65.4 Å². The van der Waals surface area contributed by atoms with Crippen molar-refractivity contribution in [3.8, 4) is 17.2 Å². The van der Waals surface area contributed by atoms with Gasteiger partial charge in [0.25, 0.3) is 0 Å². The Morgan fingerprint density at radius 3 is 2.34 bits per heavy atom. The van der Waals surface area contributed by atoms with E-state index in [1.165, 1.54) is 0 Å². The lowest BCUT2D eigenvalue weighted by Gasteiger charge is -2.12. The molecular formula is C22H23N3O3S. The van der Waals surface area contributed by atoms with Crippen LogP contribution >= 0.6 is 11.8 Å². The maximum atomic E-state index is 12.7. The van der Waals surface area contributed by atoms with E-state index in [9.17, 15) is 4.79 Å². The monoisotopic (exact) mass is 409 g/mol. The maximum Gasteiger partial charge on any atom is 0.225 e. The zero-order valence-electron chi connectivity index (χ0n) is 16.5. The second kappa shape index (κ2) is 8.61. The number of benzene rings is 2. The summed E-state index contributed by atoms with van der Waals surface area (Å²) in [6, 6.07) is 15.5. The topological polar surface area (TPSA) is 65.4 Å². The molecule has 4 rings (SSSR count). The van der Waals surface area contributed by atoms with Crippen LogP contribution < -0.4 is 14.8 Å². The largest absolute Gasteiger partial charge is 0.497 e. The number of anilines is 1. The predicted octanol–water partition coefficient (Wildman–Crippen LogP) is 4.21. The summed E-state index contributed by atoms with van der Waals surface area (Å²) >= 11 is 1.82. The van der Waals surface area contributed by atoms with Crippen molar-refractivity contribution < 1.29 is 14.3 Å². The number of fused-ring (bicyclic) bond motifs is 1. The van der Waals surface area contributed by atoms with Crippen LogP contribution in [0.25, 0.3) is 5.69 Å². The van der Waals surface area contributed by atoms with Crippen LogP contribution in [0.4, 0.5) is 5.82 Å². The van der Waals surface area contributed by atoms with Crippen LogP contribution in [0.1, 0.15) is 23.2 Å². The second-order valence-corrected chi connectivity index (χ2v) is 7.76. The first-order chi connectivity index (χ1) is 14.2. The molecule has 2 aromatic carbocycles. The lowest BCUT2D eigenvalue weighted by Crippen LogP contribution is -2.16. The van der Waals surface area contributed by atoms with E-state index in [4.69, 9.17) is 14.6 Å². The third kappa shape index (κ3) is 4.24. The fraction of sp³-hybridized carbons (Fsp3) is 0.273. The molecule has 7 heteroatoms. The molecule has 0 fully saturated rings. The van der Waals surface area contributed by atoms with Crippen molar-refractivity contribution in [2.24, 2.45) is 0 Å². The lowest BCUT2D eigenvalue weighted by molar-refractivity contribution is -0.116. The summed E-state index contributed by atoms with van der Waals surface area (Å²) < 4.78 is 12.2. The number of nitrogens with one attached hydrogen (secondary N) is 1. The van der Waals surface area contributed by atoms with Crippen molar-refractivity contribution in [2.75, 3.05) is 19.5 Å². The van der Waals surface area contributed by atoms with Crippen molar-refractivity contribution in [1.82, 2.24) is 9.78 Å². The first-order valence-corrected chi connectivity index (χ1v) is 10.6. The Balaban J connectivity index is 1.50. The highest BCUT2D eigenvalue weighted by molar-refractivity contribution is 7.98. The molecule has 1 aromatic heterocycles. The molecule has 1 aliphatic heterocycles. The molecule has 0 spiro atoms. The number of nitrogens with zero attached hydrogens (tertiary/aromatic N) is 2. The van der Waals surface area contributed by atoms with E-state index in [0.29, 0.717) is 12.8 Å². The normalized spacial score (nSPS) is 12.5. The zero-order chi connectivity index (χ0) is 20.2. The Bertz CT molecular complexity index is 997. The van der Waals surface area contributed by atoms with Gasteiger partial charge in [0.2, 0.25) is 5.91 Å². The molecule has 6 nitrogen and oxygen atoms in total. The van der Waals surface area contributed by atoms with E-state index in [2.05, 4.69) is 5.32 Å². The van der Waals surface area contributed by atoms with Crippen LogP contribution in [0.5, 0.6) is 11.5 Å². The zero-order valence-corrected chi connectivity index (χ0v) is 17.3. The lowest BCUT2D eigenvalue weighted by atomic mass is 10.1. The van der Waals surface area contributed by atoms with E-state index in [0.717, 1.165) is 51.3 Å². The van der Waals surface area contributed by atoms with Crippen molar-refractivity contribution in [2.45, 2.75) is 24.3 Å². The molecule has 0 aliphatic carbocycles. The van der Waals surface area contributed by atoms with Crippen LogP contribution in [0, 0.1) is 0 Å². The van der Waals surface area contributed by atoms with Crippen molar-refractivity contribution in [1.29, 1.82) is 0 Å². The number of hydrogen-bond acceptors (Lipinski definition) is 5. The number of amides is 1. The van der Waals surface area contributed by atoms with Crippen molar-refractivity contribution >= 4 is 23.5 Å². The minimum atomic E-state index is -0.0184. The summed E-state index contributed by atoms with van der Waals surface area (Å²) in [7, 11) is 3.29. The van der Waals surface area contributed by atoms with Crippen LogP contribution in [0.3, 0.4) is 0 Å². The predicted molar refractivity (Wildman–Crippen MR) is 115 cm³/mol. The number of ether oxygens (including phenoxy) is 2. The Morgan fingerprint density at radius 2 is 1.69 bits per heavy atom. The summed E-state index contributed by atoms with van der Waals surface area (Å²) in [6.45, 7) is 0. The van der Waals surface area contributed by atoms with Gasteiger partial charge in [0, 0.05) is 23.5 Å². The van der Waals surface area contributed by atoms with Gasteiger partial charge in [-0.1, -0.05) is 12.1 Å². The van der Waals surface area contributed by atoms with Gasteiger partial charge >= 0.3 is 0 Å². The molecule has 29 heavy (non-hydrogen) atoms. The first kappa shape index (κ1) is 19.4. The molecule has 1 amide bonds. The summed E-state index contributed by atoms with van der Waals surface area (Å²) in [5.41, 5.74) is 4.15. The van der Waals surface area contributed by atoms with Gasteiger partial charge in [0.05, 0.1) is 25.6 Å². The van der Waals surface area contributed by atoms with Gasteiger partial charge in [0.1, 0.15) is 17.3 Å². The molecule has 1 N–H and O–H groups in total. The third-order valence-corrected chi connectivity index (χ3v) is 5.90. The van der Waals surface area contributed by atoms with Gasteiger partial charge in [0.15, 0.2) is 0 Å². The summed E-state index contributed by atoms with van der Waals surface area (Å²) in [5.74, 6) is 4.08. The Kier molecular flexibility index (Phi) is 5.76. The SMILES string of the molecule is COc1ccc(CCC(=O)Nc2c3c(nn2-c2ccc(OC)cc2)CSC3)cc1. The average molecular weight is 410 g/mol. The minimum Gasteiger partial charge on any atom is -0.497 e. The molecule has 0 radical (unpaired) electrons. The van der Waals surface area contributed by atoms with E-state index in [-0.39, 0.29) is 5.91 Å². The molecule has 0 bridgehead atoms. The molecule has 0 unspecified atom stereocenters. The summed E-state index contributed by atoms with van der Waals surface area (Å²) in [4.78, 5) is 12.7. The first-order valence-electron chi connectivity index (χ1n) is 9.43. The number of carbonyl (C=O) groups excluding carboxylic acids is 1. The van der Waals surface area contributed by atoms with E-state index >= 15 is 0 Å². The van der Waals surface area contributed by atoms with Gasteiger partial charge in [-0.2, -0.15) is 16.9 Å². The van der Waals surface area contributed by atoms with Crippen LogP contribution in [0.2, 0.25) is 0 Å². The van der Waals surface area contributed by atoms with Gasteiger partial charge in [-0.15, -0.1) is 0 Å². The molecule has 0 saturated heterocycles. The van der Waals surface area contributed by atoms with E-state index in [1.54, 1.807) is 14.2 Å². The average Bonchev–Trinajstić information content (AvgIpc) is 3.35. The van der Waals surface area contributed by atoms with Crippen LogP contribution in [0.15, 0.2) is 48.5 Å². The van der Waals surface area contributed by atoms with Gasteiger partial charge in [-0.3, -0.25) is 4.79 Å². The highest BCUT2D eigenvalue weighted by atomic mass is 32.2. The maximum absolute atomic E-state index is 12.7. The molecule has 3 aromatic rings. The highest BCUT2D eigenvalue weighted by Gasteiger charge is 2.24. The Labute approximate surface area is 174 Å². The number of hydrogen-bond donors (Lipinski definition) is 1. The Hall–Kier alpha value is -2.93. The number of aromatic nitrogens is 2. The number of methoxy groups -OCH3 is 2. The number of aryl methyl sites for hydroxylation is 1. The Morgan fingerprint density at radius 1 is 1.03 bits per heavy atom. The number of rotatable bonds is 7. The van der Waals surface area contributed by atoms with E-state index in [1.807, 2.05) is 65.0 Å². The molecule has 2 heterocycles. The van der Waals surface area contributed by atoms with Crippen molar-refractivity contribution in [3.63, 3.8) is 0 Å². The molecular weight excluding hydrogens is 386 g/mol. The smallest absolute Gasteiger partial charge is 0.225 e. The van der Waals surface area contributed by atoms with Crippen LogP contribution in [-0.2, 0) is 22.7 Å². The van der Waals surface area contributed by atoms with Gasteiger partial charge < -0.3 is 14.8 Å². The summed E-state index contributed by atoms with van der Waals surface area (Å²) in [5, 5.41) is 7.84. The highest BCUT2D eigenvalue weighted by Crippen LogP contribution is 2.36. The minimum absolute atomic E-state index is 0.0184. The standard InChI is InChI=1S/C22H23N3O3S/c1-27-17-8-3-15(4-9-17)5-12-21(26)23-22-19-13-29-14-20(19)24-25(22)16-6-10-18(28-2)11-7-16/h3-4,6-11H,5,12-14H2,1-2H3,(H,23,26). The quantitative estimate of drug-likeness (QED) is 0.633. The fourth-order valence-corrected chi connectivity index (χ4v) is 4.33.